The van der Waals surface area contributed by atoms with E-state index < -0.39 is 17.3 Å². The number of halogens is 3. The monoisotopic (exact) mass is 441 g/mol. The minimum absolute atomic E-state index is 0.320. The van der Waals surface area contributed by atoms with Crippen LogP contribution in [0, 0.1) is 11.8 Å². The summed E-state index contributed by atoms with van der Waals surface area (Å²) in [6.07, 6.45) is 0.708. The van der Waals surface area contributed by atoms with Crippen LogP contribution >= 0.6 is 0 Å². The Kier molecular flexibility index (Phi) is 5.75. The van der Waals surface area contributed by atoms with Crippen molar-refractivity contribution >= 4 is 12.1 Å². The van der Waals surface area contributed by atoms with Crippen LogP contribution < -0.4 is 16.0 Å². The zero-order chi connectivity index (χ0) is 22.9. The third-order valence-corrected chi connectivity index (χ3v) is 6.76. The van der Waals surface area contributed by atoms with Gasteiger partial charge in [0.1, 0.15) is 0 Å². The number of likely N-dealkylation sites (N-methyl/N-ethyl adjacent to an activating group) is 1. The molecule has 0 spiro atoms. The number of carbonyl (C=O) groups is 1. The number of amides is 1. The number of allylic oxidation sites excluding steroid dienone is 1. The van der Waals surface area contributed by atoms with Crippen LogP contribution in [-0.4, -0.2) is 25.5 Å². The maximum Gasteiger partial charge on any atom is 0.416 e. The van der Waals surface area contributed by atoms with E-state index in [0.717, 1.165) is 48.2 Å². The van der Waals surface area contributed by atoms with Gasteiger partial charge in [-0.15, -0.1) is 0 Å². The standard InChI is InChI=1S/C25H26F3N3O/c1-16(30-14-24(31-15-32)22-12-9-18(22)13-23(24)29-2)20-5-3-4-6-21(20)17-7-10-19(11-8-17)25(26,27)28/h3-8,10-11,13,15,18,22,29-30H,1,9,12,14H2,2H3,(H,31,32). The molecule has 0 aromatic heterocycles. The minimum atomic E-state index is -4.37. The van der Waals surface area contributed by atoms with Crippen LogP contribution in [-0.2, 0) is 11.0 Å². The Bertz CT molecular complexity index is 1050. The van der Waals surface area contributed by atoms with E-state index in [0.29, 0.717) is 29.6 Å². The number of carbonyl (C=O) groups excluding carboxylic acids is 1. The van der Waals surface area contributed by atoms with Crippen LogP contribution in [0.4, 0.5) is 13.2 Å². The van der Waals surface area contributed by atoms with Crippen molar-refractivity contribution in [1.29, 1.82) is 0 Å². The lowest BCUT2D eigenvalue weighted by Gasteiger charge is -2.45. The molecule has 7 heteroatoms. The second-order valence-electron chi connectivity index (χ2n) is 8.36. The topological polar surface area (TPSA) is 53.2 Å². The van der Waals surface area contributed by atoms with Crippen LogP contribution in [0.2, 0.25) is 0 Å². The van der Waals surface area contributed by atoms with Crippen LogP contribution in [0.3, 0.4) is 0 Å². The van der Waals surface area contributed by atoms with Crippen LogP contribution in [0.5, 0.6) is 0 Å². The van der Waals surface area contributed by atoms with Gasteiger partial charge in [-0.3, -0.25) is 4.79 Å². The molecule has 1 saturated carbocycles. The number of hydrogen-bond donors (Lipinski definition) is 3. The lowest BCUT2D eigenvalue weighted by Crippen LogP contribution is -2.60. The second-order valence-corrected chi connectivity index (χ2v) is 8.36. The Morgan fingerprint density at radius 1 is 1.16 bits per heavy atom. The van der Waals surface area contributed by atoms with Gasteiger partial charge in [0, 0.05) is 30.5 Å². The largest absolute Gasteiger partial charge is 0.416 e. The number of alkyl halides is 3. The molecular formula is C25H26F3N3O. The predicted octanol–water partition coefficient (Wildman–Crippen LogP) is 4.56. The summed E-state index contributed by atoms with van der Waals surface area (Å²) in [4.78, 5) is 11.5. The number of rotatable bonds is 8. The zero-order valence-electron chi connectivity index (χ0n) is 17.8. The van der Waals surface area contributed by atoms with E-state index in [4.69, 9.17) is 0 Å². The Labute approximate surface area is 185 Å². The van der Waals surface area contributed by atoms with E-state index in [-0.39, 0.29) is 0 Å². The average molecular weight is 441 g/mol. The summed E-state index contributed by atoms with van der Waals surface area (Å²) in [6.45, 7) is 4.64. The lowest BCUT2D eigenvalue weighted by molar-refractivity contribution is -0.137. The van der Waals surface area contributed by atoms with Crippen molar-refractivity contribution in [2.45, 2.75) is 24.6 Å². The highest BCUT2D eigenvalue weighted by molar-refractivity contribution is 5.80. The third-order valence-electron chi connectivity index (χ3n) is 6.76. The molecule has 1 fully saturated rings. The normalized spacial score (nSPS) is 24.1. The quantitative estimate of drug-likeness (QED) is 0.527. The van der Waals surface area contributed by atoms with Gasteiger partial charge in [-0.05, 0) is 47.9 Å². The molecule has 1 amide bonds. The maximum absolute atomic E-state index is 12.9. The predicted molar refractivity (Wildman–Crippen MR) is 119 cm³/mol. The van der Waals surface area contributed by atoms with E-state index in [1.165, 1.54) is 12.1 Å². The van der Waals surface area contributed by atoms with Gasteiger partial charge in [0.15, 0.2) is 0 Å². The SMILES string of the molecule is C=C(NCC1(NC=O)C(NC)=CC2CCC21)c1ccccc1-c1ccc(C(F)(F)F)cc1. The Morgan fingerprint density at radius 2 is 1.88 bits per heavy atom. The molecule has 4 rings (SSSR count). The van der Waals surface area contributed by atoms with Crippen molar-refractivity contribution in [2.24, 2.45) is 11.8 Å². The molecule has 3 N–H and O–H groups in total. The molecule has 0 aliphatic heterocycles. The molecule has 2 aromatic carbocycles. The molecule has 2 aliphatic carbocycles. The van der Waals surface area contributed by atoms with Gasteiger partial charge in [0.25, 0.3) is 0 Å². The van der Waals surface area contributed by atoms with Crippen molar-refractivity contribution in [2.75, 3.05) is 13.6 Å². The molecular weight excluding hydrogens is 415 g/mol. The lowest BCUT2D eigenvalue weighted by atomic mass is 9.67. The first-order valence-corrected chi connectivity index (χ1v) is 10.6. The number of hydrogen-bond acceptors (Lipinski definition) is 3. The first kappa shape index (κ1) is 22.0. The van der Waals surface area contributed by atoms with Crippen molar-refractivity contribution in [3.05, 3.63) is 78.0 Å². The molecule has 0 heterocycles. The highest BCUT2D eigenvalue weighted by Gasteiger charge is 2.53. The maximum atomic E-state index is 12.9. The summed E-state index contributed by atoms with van der Waals surface area (Å²) in [6, 6.07) is 12.6. The van der Waals surface area contributed by atoms with Gasteiger partial charge in [0.2, 0.25) is 6.41 Å². The van der Waals surface area contributed by atoms with Gasteiger partial charge in [-0.25, -0.2) is 0 Å². The van der Waals surface area contributed by atoms with Crippen molar-refractivity contribution < 1.29 is 18.0 Å². The van der Waals surface area contributed by atoms with Gasteiger partial charge < -0.3 is 16.0 Å². The number of nitrogens with one attached hydrogen (secondary N) is 3. The van der Waals surface area contributed by atoms with Crippen LogP contribution in [0.25, 0.3) is 16.8 Å². The Morgan fingerprint density at radius 3 is 2.47 bits per heavy atom. The van der Waals surface area contributed by atoms with Gasteiger partial charge in [0.05, 0.1) is 11.1 Å². The minimum Gasteiger partial charge on any atom is -0.390 e. The van der Waals surface area contributed by atoms with Gasteiger partial charge >= 0.3 is 6.18 Å². The fourth-order valence-corrected chi connectivity index (χ4v) is 4.95. The number of benzene rings is 2. The van der Waals surface area contributed by atoms with E-state index in [1.807, 2.05) is 31.3 Å². The van der Waals surface area contributed by atoms with Crippen LogP contribution in [0.15, 0.2) is 66.9 Å². The molecule has 2 aliphatic rings. The van der Waals surface area contributed by atoms with Crippen molar-refractivity contribution in [3.63, 3.8) is 0 Å². The summed E-state index contributed by atoms with van der Waals surface area (Å²) < 4.78 is 38.8. The highest BCUT2D eigenvalue weighted by Crippen LogP contribution is 2.50. The molecule has 168 valence electrons. The smallest absolute Gasteiger partial charge is 0.390 e. The zero-order valence-corrected chi connectivity index (χ0v) is 17.8. The molecule has 32 heavy (non-hydrogen) atoms. The van der Waals surface area contributed by atoms with Crippen LogP contribution in [0.1, 0.15) is 24.0 Å². The third kappa shape index (κ3) is 3.76. The summed E-state index contributed by atoms with van der Waals surface area (Å²) in [5.41, 5.74) is 2.68. The summed E-state index contributed by atoms with van der Waals surface area (Å²) >= 11 is 0. The molecule has 0 radical (unpaired) electrons. The first-order valence-electron chi connectivity index (χ1n) is 10.6. The fourth-order valence-electron chi connectivity index (χ4n) is 4.95. The molecule has 0 bridgehead atoms. The van der Waals surface area contributed by atoms with Crippen molar-refractivity contribution in [3.8, 4) is 11.1 Å². The Hall–Kier alpha value is -3.22. The molecule has 0 saturated heterocycles. The molecule has 3 unspecified atom stereocenters. The average Bonchev–Trinajstić information content (AvgIpc) is 2.97. The molecule has 2 aromatic rings. The van der Waals surface area contributed by atoms with E-state index >= 15 is 0 Å². The van der Waals surface area contributed by atoms with Gasteiger partial charge in [-0.2, -0.15) is 13.2 Å². The summed E-state index contributed by atoms with van der Waals surface area (Å²) in [5.74, 6) is 0.764. The molecule has 3 atom stereocenters. The second kappa shape index (κ2) is 8.37. The highest BCUT2D eigenvalue weighted by atomic mass is 19.4. The Balaban J connectivity index is 1.57. The molecule has 4 nitrogen and oxygen atoms in total. The van der Waals surface area contributed by atoms with Gasteiger partial charge in [-0.1, -0.05) is 49.1 Å². The van der Waals surface area contributed by atoms with E-state index in [9.17, 15) is 18.0 Å². The van der Waals surface area contributed by atoms with E-state index in [2.05, 4.69) is 28.6 Å². The van der Waals surface area contributed by atoms with E-state index in [1.54, 1.807) is 0 Å². The summed E-state index contributed by atoms with van der Waals surface area (Å²) in [5, 5.41) is 9.66. The fraction of sp³-hybridized carbons (Fsp3) is 0.320. The summed E-state index contributed by atoms with van der Waals surface area (Å²) in [7, 11) is 1.85. The number of fused-ring (bicyclic) bond motifs is 1. The van der Waals surface area contributed by atoms with Crippen molar-refractivity contribution in [1.82, 2.24) is 16.0 Å². The first-order chi connectivity index (χ1) is 15.3.